The minimum absolute atomic E-state index is 0.167. The van der Waals surface area contributed by atoms with E-state index in [-0.39, 0.29) is 6.04 Å². The summed E-state index contributed by atoms with van der Waals surface area (Å²) >= 11 is 0. The zero-order valence-corrected chi connectivity index (χ0v) is 11.7. The third-order valence-electron chi connectivity index (χ3n) is 3.37. The van der Waals surface area contributed by atoms with Crippen LogP contribution in [0.15, 0.2) is 45.4 Å². The van der Waals surface area contributed by atoms with E-state index in [1.54, 1.807) is 6.26 Å². The fraction of sp³-hybridized carbons (Fsp3) is 0.312. The van der Waals surface area contributed by atoms with Gasteiger partial charge in [-0.05, 0) is 36.8 Å². The molecule has 0 saturated heterocycles. The van der Waals surface area contributed by atoms with Crippen LogP contribution in [0.2, 0.25) is 0 Å². The molecule has 20 heavy (non-hydrogen) atoms. The highest BCUT2D eigenvalue weighted by atomic mass is 16.3. The summed E-state index contributed by atoms with van der Waals surface area (Å²) in [5, 5.41) is 3.48. The van der Waals surface area contributed by atoms with Crippen LogP contribution in [0.5, 0.6) is 0 Å². The van der Waals surface area contributed by atoms with Crippen molar-refractivity contribution in [2.24, 2.45) is 0 Å². The Hall–Kier alpha value is -2.23. The molecule has 4 nitrogen and oxygen atoms in total. The number of aryl methyl sites for hydroxylation is 1. The average molecular weight is 270 g/mol. The summed E-state index contributed by atoms with van der Waals surface area (Å²) in [6.07, 6.45) is 3.46. The molecule has 0 aliphatic heterocycles. The number of anilines is 1. The lowest BCUT2D eigenvalue weighted by molar-refractivity contribution is 0.474. The lowest BCUT2D eigenvalue weighted by Gasteiger charge is -2.15. The number of hydrogen-bond acceptors (Lipinski definition) is 4. The van der Waals surface area contributed by atoms with Crippen LogP contribution in [0.4, 0.5) is 5.69 Å². The number of nitrogens with zero attached hydrogens (tertiary/aromatic N) is 1. The Morgan fingerprint density at radius 1 is 1.25 bits per heavy atom. The first-order valence-corrected chi connectivity index (χ1v) is 6.99. The van der Waals surface area contributed by atoms with Crippen molar-refractivity contribution in [2.75, 3.05) is 5.32 Å². The smallest absolute Gasteiger partial charge is 0.195 e. The Morgan fingerprint density at radius 3 is 2.85 bits per heavy atom. The molecule has 104 valence electrons. The molecule has 0 aliphatic rings. The van der Waals surface area contributed by atoms with Crippen LogP contribution < -0.4 is 5.32 Å². The van der Waals surface area contributed by atoms with Gasteiger partial charge in [0.1, 0.15) is 11.3 Å². The predicted molar refractivity (Wildman–Crippen MR) is 78.7 cm³/mol. The molecule has 0 spiro atoms. The molecule has 0 fully saturated rings. The monoisotopic (exact) mass is 270 g/mol. The van der Waals surface area contributed by atoms with Gasteiger partial charge in [0, 0.05) is 12.1 Å². The third-order valence-corrected chi connectivity index (χ3v) is 3.37. The number of furan rings is 1. The predicted octanol–water partition coefficient (Wildman–Crippen LogP) is 4.55. The van der Waals surface area contributed by atoms with Gasteiger partial charge >= 0.3 is 0 Å². The zero-order chi connectivity index (χ0) is 13.9. The van der Waals surface area contributed by atoms with Gasteiger partial charge in [0.2, 0.25) is 0 Å². The van der Waals surface area contributed by atoms with Gasteiger partial charge in [0.05, 0.1) is 12.3 Å². The Labute approximate surface area is 117 Å². The molecule has 1 aromatic carbocycles. The molecule has 2 aromatic heterocycles. The molecule has 0 bridgehead atoms. The molecule has 0 amide bonds. The standard InChI is InChI=1S/C16H18N2O2/c1-3-12(14-6-5-9-19-14)17-11-7-8-15-13(10-11)18-16(4-2)20-15/h5-10,12,17H,3-4H2,1-2H3. The van der Waals surface area contributed by atoms with Gasteiger partial charge in [-0.1, -0.05) is 13.8 Å². The van der Waals surface area contributed by atoms with E-state index < -0.39 is 0 Å². The normalized spacial score (nSPS) is 12.7. The van der Waals surface area contributed by atoms with Crippen molar-refractivity contribution in [3.05, 3.63) is 48.2 Å². The van der Waals surface area contributed by atoms with Crippen molar-refractivity contribution < 1.29 is 8.83 Å². The third kappa shape index (κ3) is 2.41. The van der Waals surface area contributed by atoms with Crippen LogP contribution in [-0.4, -0.2) is 4.98 Å². The summed E-state index contributed by atoms with van der Waals surface area (Å²) in [7, 11) is 0. The van der Waals surface area contributed by atoms with E-state index in [2.05, 4.69) is 17.2 Å². The largest absolute Gasteiger partial charge is 0.467 e. The number of benzene rings is 1. The highest BCUT2D eigenvalue weighted by Gasteiger charge is 2.12. The molecule has 4 heteroatoms. The van der Waals surface area contributed by atoms with Crippen molar-refractivity contribution in [2.45, 2.75) is 32.7 Å². The van der Waals surface area contributed by atoms with Crippen LogP contribution in [-0.2, 0) is 6.42 Å². The molecule has 2 heterocycles. The fourth-order valence-electron chi connectivity index (χ4n) is 2.28. The van der Waals surface area contributed by atoms with E-state index in [9.17, 15) is 0 Å². The first kappa shape index (κ1) is 12.8. The molecule has 1 N–H and O–H groups in total. The van der Waals surface area contributed by atoms with Crippen LogP contribution in [0.1, 0.15) is 38.0 Å². The van der Waals surface area contributed by atoms with Crippen LogP contribution in [0.25, 0.3) is 11.1 Å². The fourth-order valence-corrected chi connectivity index (χ4v) is 2.28. The number of oxazole rings is 1. The van der Waals surface area contributed by atoms with E-state index in [4.69, 9.17) is 8.83 Å². The summed E-state index contributed by atoms with van der Waals surface area (Å²) in [5.41, 5.74) is 2.75. The van der Waals surface area contributed by atoms with Crippen molar-refractivity contribution >= 4 is 16.8 Å². The lowest BCUT2D eigenvalue weighted by Crippen LogP contribution is -2.08. The van der Waals surface area contributed by atoms with Crippen molar-refractivity contribution in [1.82, 2.24) is 4.98 Å². The maximum atomic E-state index is 5.62. The molecular weight excluding hydrogens is 252 g/mol. The number of rotatable bonds is 5. The van der Waals surface area contributed by atoms with Gasteiger partial charge in [-0.15, -0.1) is 0 Å². The molecule has 3 aromatic rings. The van der Waals surface area contributed by atoms with Crippen molar-refractivity contribution in [3.63, 3.8) is 0 Å². The van der Waals surface area contributed by atoms with Crippen molar-refractivity contribution in [1.29, 1.82) is 0 Å². The summed E-state index contributed by atoms with van der Waals surface area (Å²) in [6.45, 7) is 4.16. The van der Waals surface area contributed by atoms with Gasteiger partial charge in [0.15, 0.2) is 11.5 Å². The Morgan fingerprint density at radius 2 is 2.15 bits per heavy atom. The molecule has 0 radical (unpaired) electrons. The van der Waals surface area contributed by atoms with Crippen LogP contribution >= 0.6 is 0 Å². The second kappa shape index (κ2) is 5.41. The first-order chi connectivity index (χ1) is 9.80. The van der Waals surface area contributed by atoms with E-state index in [0.29, 0.717) is 0 Å². The number of hydrogen-bond donors (Lipinski definition) is 1. The van der Waals surface area contributed by atoms with Gasteiger partial charge < -0.3 is 14.2 Å². The summed E-state index contributed by atoms with van der Waals surface area (Å²) in [6, 6.07) is 10.1. The summed E-state index contributed by atoms with van der Waals surface area (Å²) < 4.78 is 11.1. The van der Waals surface area contributed by atoms with E-state index in [0.717, 1.165) is 41.3 Å². The first-order valence-electron chi connectivity index (χ1n) is 6.99. The molecule has 0 aliphatic carbocycles. The second-order valence-electron chi connectivity index (χ2n) is 4.76. The second-order valence-corrected chi connectivity index (χ2v) is 4.76. The topological polar surface area (TPSA) is 51.2 Å². The Bertz CT molecular complexity index is 686. The molecule has 0 saturated carbocycles. The summed E-state index contributed by atoms with van der Waals surface area (Å²) in [5.74, 6) is 1.72. The zero-order valence-electron chi connectivity index (χ0n) is 11.7. The quantitative estimate of drug-likeness (QED) is 0.739. The molecular formula is C16H18N2O2. The van der Waals surface area contributed by atoms with Crippen LogP contribution in [0, 0.1) is 0 Å². The molecule has 1 unspecified atom stereocenters. The lowest BCUT2D eigenvalue weighted by atomic mass is 10.1. The average Bonchev–Trinajstić information content (AvgIpc) is 3.12. The van der Waals surface area contributed by atoms with E-state index in [1.807, 2.05) is 37.3 Å². The highest BCUT2D eigenvalue weighted by Crippen LogP contribution is 2.26. The SMILES string of the molecule is CCc1nc2cc(NC(CC)c3ccco3)ccc2o1. The Balaban J connectivity index is 1.86. The van der Waals surface area contributed by atoms with Gasteiger partial charge in [0.25, 0.3) is 0 Å². The minimum Gasteiger partial charge on any atom is -0.467 e. The number of aromatic nitrogens is 1. The van der Waals surface area contributed by atoms with Crippen LogP contribution in [0.3, 0.4) is 0 Å². The number of nitrogens with one attached hydrogen (secondary N) is 1. The molecule has 1 atom stereocenters. The van der Waals surface area contributed by atoms with E-state index in [1.165, 1.54) is 0 Å². The van der Waals surface area contributed by atoms with Gasteiger partial charge in [-0.2, -0.15) is 0 Å². The number of fused-ring (bicyclic) bond motifs is 1. The van der Waals surface area contributed by atoms with Crippen molar-refractivity contribution in [3.8, 4) is 0 Å². The maximum absolute atomic E-state index is 5.62. The molecule has 3 rings (SSSR count). The minimum atomic E-state index is 0.167. The van der Waals surface area contributed by atoms with E-state index >= 15 is 0 Å². The highest BCUT2D eigenvalue weighted by molar-refractivity contribution is 5.77. The van der Waals surface area contributed by atoms with Gasteiger partial charge in [-0.25, -0.2) is 4.98 Å². The Kier molecular flexibility index (Phi) is 3.46. The summed E-state index contributed by atoms with van der Waals surface area (Å²) in [4.78, 5) is 4.46. The van der Waals surface area contributed by atoms with Gasteiger partial charge in [-0.3, -0.25) is 0 Å². The maximum Gasteiger partial charge on any atom is 0.195 e.